The quantitative estimate of drug-likeness (QED) is 0.110. The summed E-state index contributed by atoms with van der Waals surface area (Å²) in [4.78, 5) is 21.6. The number of carboxylic acids is 2. The molecule has 0 spiro atoms. The Kier molecular flexibility index (Phi) is 14.7. The first kappa shape index (κ1) is 37.6. The van der Waals surface area contributed by atoms with Crippen molar-refractivity contribution in [2.75, 3.05) is 40.6 Å². The van der Waals surface area contributed by atoms with Crippen LogP contribution >= 0.6 is 0 Å². The summed E-state index contributed by atoms with van der Waals surface area (Å²) >= 11 is 0. The van der Waals surface area contributed by atoms with E-state index >= 15 is 0 Å². The molecule has 244 valence electrons. The summed E-state index contributed by atoms with van der Waals surface area (Å²) in [7, 11) is 3.14. The first-order valence-corrected chi connectivity index (χ1v) is 13.4. The SMILES string of the molecule is COc1ccc(OCCOc2cc([O-])c(C(=O)O)c(O)c2)cc1.COc1ccc(OCCOc2cc([O-])c(C(=O)O)c(O)c2)cc1.[Zn+2]. The normalized spacial score (nSPS) is 9.91. The summed E-state index contributed by atoms with van der Waals surface area (Å²) in [6.07, 6.45) is 0. The monoisotopic (exact) mass is 702 g/mol. The van der Waals surface area contributed by atoms with Gasteiger partial charge in [0.05, 0.1) is 25.3 Å². The predicted octanol–water partition coefficient (Wildman–Crippen LogP) is 3.26. The molecule has 0 aliphatic rings. The summed E-state index contributed by atoms with van der Waals surface area (Å²) < 4.78 is 31.5. The molecule has 0 aliphatic heterocycles. The zero-order valence-electron chi connectivity index (χ0n) is 25.3. The number of carboxylic acid groups (broad SMARTS) is 2. The van der Waals surface area contributed by atoms with Crippen molar-refractivity contribution >= 4 is 11.9 Å². The van der Waals surface area contributed by atoms with Crippen LogP contribution in [0.15, 0.2) is 72.8 Å². The third-order valence-corrected chi connectivity index (χ3v) is 5.90. The maximum Gasteiger partial charge on any atom is 2.00 e. The second-order valence-corrected chi connectivity index (χ2v) is 8.99. The minimum Gasteiger partial charge on any atom is -0.872 e. The minimum atomic E-state index is -1.48. The molecular weight excluding hydrogens is 674 g/mol. The molecule has 0 saturated heterocycles. The fraction of sp³-hybridized carbons (Fsp3) is 0.188. The summed E-state index contributed by atoms with van der Waals surface area (Å²) in [5.74, 6) is -3.02. The predicted molar refractivity (Wildman–Crippen MR) is 157 cm³/mol. The van der Waals surface area contributed by atoms with Crippen molar-refractivity contribution in [2.24, 2.45) is 0 Å². The summed E-state index contributed by atoms with van der Waals surface area (Å²) in [6.45, 7) is 0.665. The molecule has 0 bridgehead atoms. The topological polar surface area (TPSA) is 217 Å². The van der Waals surface area contributed by atoms with Gasteiger partial charge in [-0.05, 0) is 60.7 Å². The van der Waals surface area contributed by atoms with Crippen LogP contribution in [0.3, 0.4) is 0 Å². The van der Waals surface area contributed by atoms with Gasteiger partial charge in [0.1, 0.15) is 72.4 Å². The van der Waals surface area contributed by atoms with Gasteiger partial charge in [0.25, 0.3) is 0 Å². The van der Waals surface area contributed by atoms with Crippen LogP contribution in [-0.4, -0.2) is 73.0 Å². The van der Waals surface area contributed by atoms with Gasteiger partial charge >= 0.3 is 31.4 Å². The molecule has 0 atom stereocenters. The average Bonchev–Trinajstić information content (AvgIpc) is 3.01. The van der Waals surface area contributed by atoms with Crippen LogP contribution in [0, 0.1) is 0 Å². The summed E-state index contributed by atoms with van der Waals surface area (Å²) in [5, 5.41) is 59.7. The minimum absolute atomic E-state index is 0. The van der Waals surface area contributed by atoms with Crippen molar-refractivity contribution < 1.29 is 88.1 Å². The number of hydrogen-bond donors (Lipinski definition) is 4. The number of benzene rings is 4. The zero-order chi connectivity index (χ0) is 33.6. The maximum absolute atomic E-state index is 11.6. The standard InChI is InChI=1S/2C16H16O7.Zn/c2*1-21-10-2-4-11(5-3-10)22-6-7-23-12-8-13(17)15(16(19)20)14(18)9-12;/h2*2-5,8-9,17-18H,6-7H2,1H3,(H,19,20);/q;;+2/p-2. The van der Waals surface area contributed by atoms with Gasteiger partial charge in [-0.3, -0.25) is 0 Å². The van der Waals surface area contributed by atoms with Crippen LogP contribution < -0.4 is 38.6 Å². The largest absolute Gasteiger partial charge is 2.00 e. The summed E-state index contributed by atoms with van der Waals surface area (Å²) in [5.41, 5.74) is -1.35. The molecule has 47 heavy (non-hydrogen) atoms. The van der Waals surface area contributed by atoms with E-state index in [1.807, 2.05) is 0 Å². The van der Waals surface area contributed by atoms with Crippen LogP contribution in [-0.2, 0) is 19.5 Å². The van der Waals surface area contributed by atoms with Crippen molar-refractivity contribution in [1.29, 1.82) is 0 Å². The molecule has 15 heteroatoms. The number of phenols is 2. The number of ether oxygens (including phenoxy) is 6. The molecule has 0 fully saturated rings. The Morgan fingerprint density at radius 3 is 1.06 bits per heavy atom. The Morgan fingerprint density at radius 2 is 0.809 bits per heavy atom. The van der Waals surface area contributed by atoms with Crippen molar-refractivity contribution in [1.82, 2.24) is 0 Å². The molecular formula is C32H30O14Zn. The maximum atomic E-state index is 11.6. The van der Waals surface area contributed by atoms with Gasteiger partial charge in [-0.15, -0.1) is 0 Å². The molecule has 0 saturated carbocycles. The molecule has 0 aliphatic carbocycles. The molecule has 0 heterocycles. The third kappa shape index (κ3) is 11.4. The molecule has 0 aromatic heterocycles. The Morgan fingerprint density at radius 1 is 0.532 bits per heavy atom. The Bertz CT molecular complexity index is 1440. The first-order valence-electron chi connectivity index (χ1n) is 13.4. The molecule has 4 N–H and O–H groups in total. The fourth-order valence-electron chi connectivity index (χ4n) is 3.73. The van der Waals surface area contributed by atoms with Crippen LogP contribution in [0.4, 0.5) is 0 Å². The van der Waals surface area contributed by atoms with E-state index in [2.05, 4.69) is 0 Å². The fourth-order valence-corrected chi connectivity index (χ4v) is 3.73. The van der Waals surface area contributed by atoms with E-state index in [9.17, 15) is 30.0 Å². The number of methoxy groups -OCH3 is 2. The van der Waals surface area contributed by atoms with Crippen LogP contribution in [0.25, 0.3) is 0 Å². The Labute approximate surface area is 281 Å². The summed E-state index contributed by atoms with van der Waals surface area (Å²) in [6, 6.07) is 18.1. The van der Waals surface area contributed by atoms with Gasteiger partial charge in [-0.2, -0.15) is 0 Å². The van der Waals surface area contributed by atoms with Crippen molar-refractivity contribution in [3.05, 3.63) is 83.9 Å². The zero-order valence-corrected chi connectivity index (χ0v) is 28.3. The van der Waals surface area contributed by atoms with E-state index in [4.69, 9.17) is 38.6 Å². The molecule has 4 aromatic carbocycles. The van der Waals surface area contributed by atoms with E-state index in [-0.39, 0.29) is 57.4 Å². The van der Waals surface area contributed by atoms with E-state index in [0.717, 1.165) is 24.3 Å². The molecule has 0 radical (unpaired) electrons. The molecule has 14 nitrogen and oxygen atoms in total. The second-order valence-electron chi connectivity index (χ2n) is 8.99. The number of aromatic carboxylic acids is 2. The third-order valence-electron chi connectivity index (χ3n) is 5.90. The number of hydrogen-bond acceptors (Lipinski definition) is 12. The molecule has 0 unspecified atom stereocenters. The molecule has 0 amide bonds. The molecule has 4 aromatic rings. The van der Waals surface area contributed by atoms with E-state index in [0.29, 0.717) is 23.0 Å². The van der Waals surface area contributed by atoms with Gasteiger partial charge in [0, 0.05) is 12.1 Å². The van der Waals surface area contributed by atoms with Crippen molar-refractivity contribution in [3.63, 3.8) is 0 Å². The average molecular weight is 704 g/mol. The number of aromatic hydroxyl groups is 2. The first-order chi connectivity index (χ1) is 22.0. The van der Waals surface area contributed by atoms with Crippen molar-refractivity contribution in [2.45, 2.75) is 0 Å². The number of carbonyl (C=O) groups is 2. The number of rotatable bonds is 14. The molecule has 4 rings (SSSR count). The van der Waals surface area contributed by atoms with Crippen LogP contribution in [0.2, 0.25) is 0 Å². The van der Waals surface area contributed by atoms with Gasteiger partial charge in [0.2, 0.25) is 0 Å². The smallest absolute Gasteiger partial charge is 0.872 e. The van der Waals surface area contributed by atoms with E-state index < -0.39 is 46.1 Å². The van der Waals surface area contributed by atoms with E-state index in [1.165, 1.54) is 0 Å². The Hall–Kier alpha value is -5.56. The van der Waals surface area contributed by atoms with Crippen LogP contribution in [0.1, 0.15) is 20.7 Å². The van der Waals surface area contributed by atoms with Gasteiger partial charge in [-0.1, -0.05) is 11.5 Å². The van der Waals surface area contributed by atoms with Crippen molar-refractivity contribution in [3.8, 4) is 57.5 Å². The van der Waals surface area contributed by atoms with Gasteiger partial charge in [-0.25, -0.2) is 9.59 Å². The second kappa shape index (κ2) is 18.4. The van der Waals surface area contributed by atoms with Gasteiger partial charge < -0.3 is 59.1 Å². The van der Waals surface area contributed by atoms with Gasteiger partial charge in [0.15, 0.2) is 0 Å². The van der Waals surface area contributed by atoms with E-state index in [1.54, 1.807) is 62.8 Å². The van der Waals surface area contributed by atoms with Crippen LogP contribution in [0.5, 0.6) is 57.5 Å². The Balaban J connectivity index is 0.000000320.